The van der Waals surface area contributed by atoms with Crippen LogP contribution in [0.4, 0.5) is 0 Å². The van der Waals surface area contributed by atoms with Crippen LogP contribution in [0.3, 0.4) is 0 Å². The van der Waals surface area contributed by atoms with Gasteiger partial charge in [-0.1, -0.05) is 27.7 Å². The van der Waals surface area contributed by atoms with Crippen LogP contribution in [0, 0.1) is 10.8 Å². The van der Waals surface area contributed by atoms with Gasteiger partial charge in [-0.2, -0.15) is 5.10 Å². The lowest BCUT2D eigenvalue weighted by Gasteiger charge is -2.34. The Hall–Kier alpha value is -1.59. The Kier molecular flexibility index (Phi) is 3.75. The van der Waals surface area contributed by atoms with E-state index in [1.165, 1.54) is 0 Å². The van der Waals surface area contributed by atoms with Gasteiger partial charge >= 0.3 is 0 Å². The Labute approximate surface area is 119 Å². The molecule has 6 nitrogen and oxygen atoms in total. The molecule has 0 aromatic rings. The average molecular weight is 280 g/mol. The van der Waals surface area contributed by atoms with Crippen LogP contribution in [-0.2, 0) is 9.59 Å². The Morgan fingerprint density at radius 3 is 2.35 bits per heavy atom. The molecule has 2 heterocycles. The van der Waals surface area contributed by atoms with Crippen LogP contribution in [0.5, 0.6) is 0 Å². The second-order valence-electron chi connectivity index (χ2n) is 6.97. The molecule has 2 saturated heterocycles. The molecule has 0 aliphatic carbocycles. The van der Waals surface area contributed by atoms with E-state index < -0.39 is 0 Å². The number of carbonyl (C=O) groups is 2. The van der Waals surface area contributed by atoms with Gasteiger partial charge in [-0.15, -0.1) is 0 Å². The molecule has 2 aliphatic rings. The highest BCUT2D eigenvalue weighted by Crippen LogP contribution is 2.27. The predicted octanol–water partition coefficient (Wildman–Crippen LogP) is 1.09. The molecular formula is C14H24N4O2. The first kappa shape index (κ1) is 14.8. The van der Waals surface area contributed by atoms with Gasteiger partial charge in [0, 0.05) is 17.3 Å². The van der Waals surface area contributed by atoms with E-state index >= 15 is 0 Å². The molecule has 0 aromatic heterocycles. The maximum absolute atomic E-state index is 11.8. The number of piperidine rings is 2. The number of hydrazone groups is 1. The Balaban J connectivity index is 1.89. The lowest BCUT2D eigenvalue weighted by Crippen LogP contribution is -2.54. The van der Waals surface area contributed by atoms with Gasteiger partial charge in [0.05, 0.1) is 0 Å². The van der Waals surface area contributed by atoms with Crippen molar-refractivity contribution in [3.05, 3.63) is 0 Å². The molecule has 2 amide bonds. The first-order chi connectivity index (χ1) is 9.21. The maximum atomic E-state index is 11.8. The van der Waals surface area contributed by atoms with E-state index in [1.807, 2.05) is 27.7 Å². The largest absolute Gasteiger partial charge is 0.334 e. The van der Waals surface area contributed by atoms with Crippen molar-refractivity contribution >= 4 is 17.6 Å². The zero-order valence-electron chi connectivity index (χ0n) is 12.7. The van der Waals surface area contributed by atoms with Gasteiger partial charge in [-0.05, 0) is 19.3 Å². The normalized spacial score (nSPS) is 30.6. The predicted molar refractivity (Wildman–Crippen MR) is 76.7 cm³/mol. The molecule has 6 heteroatoms. The van der Waals surface area contributed by atoms with Crippen LogP contribution in [0.2, 0.25) is 0 Å². The first-order valence-electron chi connectivity index (χ1n) is 7.15. The van der Waals surface area contributed by atoms with E-state index in [0.717, 1.165) is 25.7 Å². The summed E-state index contributed by atoms with van der Waals surface area (Å²) in [5, 5.41) is 9.94. The van der Waals surface area contributed by atoms with Gasteiger partial charge in [0.1, 0.15) is 12.0 Å². The van der Waals surface area contributed by atoms with Crippen molar-refractivity contribution in [3.63, 3.8) is 0 Å². The first-order valence-corrected chi connectivity index (χ1v) is 7.15. The highest BCUT2D eigenvalue weighted by atomic mass is 16.2. The molecule has 0 spiro atoms. The molecule has 112 valence electrons. The minimum Gasteiger partial charge on any atom is -0.334 e. The van der Waals surface area contributed by atoms with Gasteiger partial charge in [0.2, 0.25) is 11.8 Å². The van der Waals surface area contributed by atoms with Crippen LogP contribution >= 0.6 is 0 Å². The number of nitrogens with one attached hydrogen (secondary N) is 3. The molecule has 0 saturated carbocycles. The third-order valence-electron chi connectivity index (χ3n) is 4.19. The van der Waals surface area contributed by atoms with Crippen LogP contribution in [0.1, 0.15) is 53.4 Å². The van der Waals surface area contributed by atoms with Crippen molar-refractivity contribution in [3.8, 4) is 0 Å². The smallest absolute Gasteiger partial charge is 0.230 e. The van der Waals surface area contributed by atoms with E-state index in [9.17, 15) is 9.59 Å². The van der Waals surface area contributed by atoms with E-state index in [4.69, 9.17) is 0 Å². The highest BCUT2D eigenvalue weighted by molar-refractivity contribution is 6.02. The summed E-state index contributed by atoms with van der Waals surface area (Å²) in [7, 11) is 0. The van der Waals surface area contributed by atoms with Crippen molar-refractivity contribution in [2.75, 3.05) is 0 Å². The maximum Gasteiger partial charge on any atom is 0.230 e. The molecule has 1 unspecified atom stereocenters. The van der Waals surface area contributed by atoms with E-state index in [1.54, 1.807) is 0 Å². The fourth-order valence-electron chi connectivity index (χ4n) is 2.29. The van der Waals surface area contributed by atoms with Crippen molar-refractivity contribution in [2.24, 2.45) is 15.9 Å². The van der Waals surface area contributed by atoms with Gasteiger partial charge in [-0.3, -0.25) is 15.0 Å². The Morgan fingerprint density at radius 2 is 1.75 bits per heavy atom. The molecule has 0 aromatic carbocycles. The SMILES string of the molecule is CC1(C)CCC(=NNC2CCC(C)(C)C(=O)N2)NC1=O. The summed E-state index contributed by atoms with van der Waals surface area (Å²) in [6.07, 6.45) is 3.01. The van der Waals surface area contributed by atoms with Gasteiger partial charge in [-0.25, -0.2) is 0 Å². The van der Waals surface area contributed by atoms with Crippen LogP contribution < -0.4 is 16.1 Å². The summed E-state index contributed by atoms with van der Waals surface area (Å²) >= 11 is 0. The summed E-state index contributed by atoms with van der Waals surface area (Å²) in [5.41, 5.74) is 2.31. The lowest BCUT2D eigenvalue weighted by molar-refractivity contribution is -0.133. The summed E-state index contributed by atoms with van der Waals surface area (Å²) in [5.74, 6) is 0.682. The Morgan fingerprint density at radius 1 is 1.10 bits per heavy atom. The monoisotopic (exact) mass is 280 g/mol. The standard InChI is InChI=1S/C14H24N4O2/c1-13(2)7-5-9(15-11(13)19)17-18-10-6-8-14(3,4)12(20)16-10/h9,17H,5-8H2,1-4H3,(H,15,19)(H,16,18,20). The number of carbonyl (C=O) groups excluding carboxylic acids is 2. The van der Waals surface area contributed by atoms with Crippen molar-refractivity contribution < 1.29 is 9.59 Å². The number of amidine groups is 1. The fourth-order valence-corrected chi connectivity index (χ4v) is 2.29. The minimum absolute atomic E-state index is 0.00175. The molecule has 2 fully saturated rings. The van der Waals surface area contributed by atoms with Gasteiger partial charge < -0.3 is 10.6 Å². The third-order valence-corrected chi connectivity index (χ3v) is 4.19. The molecule has 2 rings (SSSR count). The molecule has 2 aliphatic heterocycles. The van der Waals surface area contributed by atoms with Gasteiger partial charge in [0.25, 0.3) is 0 Å². The van der Waals surface area contributed by atoms with E-state index in [-0.39, 0.29) is 28.8 Å². The zero-order chi connectivity index (χ0) is 15.0. The molecule has 1 atom stereocenters. The van der Waals surface area contributed by atoms with Crippen molar-refractivity contribution in [1.82, 2.24) is 16.1 Å². The third kappa shape index (κ3) is 3.11. The summed E-state index contributed by atoms with van der Waals surface area (Å²) in [4.78, 5) is 23.7. The molecule has 20 heavy (non-hydrogen) atoms. The number of amides is 2. The summed E-state index contributed by atoms with van der Waals surface area (Å²) in [6.45, 7) is 7.73. The Bertz CT molecular complexity index is 454. The second-order valence-corrected chi connectivity index (χ2v) is 6.97. The van der Waals surface area contributed by atoms with Gasteiger partial charge in [0.15, 0.2) is 0 Å². The summed E-state index contributed by atoms with van der Waals surface area (Å²) < 4.78 is 0. The fraction of sp³-hybridized carbons (Fsp3) is 0.786. The minimum atomic E-state index is -0.331. The number of rotatable bonds is 2. The van der Waals surface area contributed by atoms with Crippen molar-refractivity contribution in [1.29, 1.82) is 0 Å². The van der Waals surface area contributed by atoms with Crippen LogP contribution in [0.25, 0.3) is 0 Å². The molecular weight excluding hydrogens is 256 g/mol. The van der Waals surface area contributed by atoms with Crippen LogP contribution in [0.15, 0.2) is 5.10 Å². The molecule has 3 N–H and O–H groups in total. The van der Waals surface area contributed by atoms with Crippen LogP contribution in [-0.4, -0.2) is 23.8 Å². The lowest BCUT2D eigenvalue weighted by atomic mass is 9.83. The number of hydrogen-bond acceptors (Lipinski definition) is 4. The quantitative estimate of drug-likeness (QED) is 0.662. The number of nitrogens with zero attached hydrogens (tertiary/aromatic N) is 1. The topological polar surface area (TPSA) is 82.6 Å². The highest BCUT2D eigenvalue weighted by Gasteiger charge is 2.35. The summed E-state index contributed by atoms with van der Waals surface area (Å²) in [6, 6.07) is 0. The number of hydrogen-bond donors (Lipinski definition) is 3. The second kappa shape index (κ2) is 5.07. The van der Waals surface area contributed by atoms with E-state index in [0.29, 0.717) is 5.84 Å². The molecule has 0 radical (unpaired) electrons. The average Bonchev–Trinajstić information content (AvgIpc) is 2.35. The zero-order valence-corrected chi connectivity index (χ0v) is 12.7. The van der Waals surface area contributed by atoms with Crippen molar-refractivity contribution in [2.45, 2.75) is 59.5 Å². The van der Waals surface area contributed by atoms with E-state index in [2.05, 4.69) is 21.2 Å². The molecule has 0 bridgehead atoms.